The molecule has 1 aromatic carbocycles. The third-order valence-corrected chi connectivity index (χ3v) is 3.60. The fourth-order valence-electron chi connectivity index (χ4n) is 1.82. The smallest absolute Gasteiger partial charge is 0.253 e. The van der Waals surface area contributed by atoms with Crippen LogP contribution in [-0.2, 0) is 0 Å². The van der Waals surface area contributed by atoms with Gasteiger partial charge < -0.3 is 16.0 Å². The Labute approximate surface area is 113 Å². The Morgan fingerprint density at radius 3 is 2.68 bits per heavy atom. The van der Waals surface area contributed by atoms with Gasteiger partial charge >= 0.3 is 0 Å². The van der Waals surface area contributed by atoms with Crippen LogP contribution in [0, 0.1) is 5.41 Å². The Balaban J connectivity index is 2.29. The number of hydrogen-bond donors (Lipinski definition) is 3. The predicted octanol–water partition coefficient (Wildman–Crippen LogP) is 2.91. The summed E-state index contributed by atoms with van der Waals surface area (Å²) in [5, 5.41) is 3.89. The molecule has 1 amide bonds. The number of nitrogens with two attached hydrogens (primary N) is 1. The van der Waals surface area contributed by atoms with Crippen molar-refractivity contribution in [2.45, 2.75) is 33.7 Å². The first kappa shape index (κ1) is 13.5. The second-order valence-electron chi connectivity index (χ2n) is 6.07. The summed E-state index contributed by atoms with van der Waals surface area (Å²) in [5.41, 5.74) is 8.02. The van der Waals surface area contributed by atoms with Crippen LogP contribution in [0.1, 0.15) is 38.1 Å². The van der Waals surface area contributed by atoms with Gasteiger partial charge in [-0.2, -0.15) is 0 Å². The Morgan fingerprint density at radius 2 is 2.05 bits per heavy atom. The number of aromatic amines is 1. The molecule has 1 heterocycles. The van der Waals surface area contributed by atoms with Gasteiger partial charge in [-0.15, -0.1) is 0 Å². The van der Waals surface area contributed by atoms with Crippen molar-refractivity contribution in [2.75, 3.05) is 5.73 Å². The maximum Gasteiger partial charge on any atom is 0.253 e. The number of anilines is 1. The number of benzene rings is 1. The van der Waals surface area contributed by atoms with Crippen LogP contribution in [-0.4, -0.2) is 16.9 Å². The summed E-state index contributed by atoms with van der Waals surface area (Å²) in [4.78, 5) is 15.4. The van der Waals surface area contributed by atoms with Crippen molar-refractivity contribution in [1.82, 2.24) is 10.3 Å². The zero-order valence-corrected chi connectivity index (χ0v) is 11.9. The molecule has 0 bridgehead atoms. The van der Waals surface area contributed by atoms with E-state index in [9.17, 15) is 4.79 Å². The normalized spacial score (nSPS) is 13.5. The number of fused-ring (bicyclic) bond motifs is 1. The van der Waals surface area contributed by atoms with E-state index in [0.717, 1.165) is 10.9 Å². The van der Waals surface area contributed by atoms with Gasteiger partial charge in [-0.3, -0.25) is 4.79 Å². The lowest BCUT2D eigenvalue weighted by atomic mass is 9.88. The van der Waals surface area contributed by atoms with E-state index in [1.807, 2.05) is 25.1 Å². The van der Waals surface area contributed by atoms with Gasteiger partial charge in [0.2, 0.25) is 0 Å². The monoisotopic (exact) mass is 259 g/mol. The fraction of sp³-hybridized carbons (Fsp3) is 0.400. The maximum absolute atomic E-state index is 12.3. The first-order valence-electron chi connectivity index (χ1n) is 6.46. The summed E-state index contributed by atoms with van der Waals surface area (Å²) in [7, 11) is 0. The number of H-pyrrole nitrogens is 1. The first-order chi connectivity index (χ1) is 8.79. The van der Waals surface area contributed by atoms with Gasteiger partial charge in [0.25, 0.3) is 5.91 Å². The zero-order valence-electron chi connectivity index (χ0n) is 11.9. The molecule has 0 spiro atoms. The van der Waals surface area contributed by atoms with Crippen LogP contribution in [0.25, 0.3) is 10.9 Å². The highest BCUT2D eigenvalue weighted by atomic mass is 16.1. The van der Waals surface area contributed by atoms with E-state index in [1.54, 1.807) is 6.20 Å². The second-order valence-corrected chi connectivity index (χ2v) is 6.07. The lowest BCUT2D eigenvalue weighted by molar-refractivity contribution is 0.0912. The minimum absolute atomic E-state index is 0.0286. The molecule has 4 nitrogen and oxygen atoms in total. The van der Waals surface area contributed by atoms with Crippen LogP contribution < -0.4 is 11.1 Å². The molecule has 2 rings (SSSR count). The molecule has 1 aromatic heterocycles. The van der Waals surface area contributed by atoms with Gasteiger partial charge in [0.05, 0.1) is 5.56 Å². The van der Waals surface area contributed by atoms with Crippen LogP contribution >= 0.6 is 0 Å². The van der Waals surface area contributed by atoms with Gasteiger partial charge in [0, 0.05) is 28.8 Å². The Morgan fingerprint density at radius 1 is 1.37 bits per heavy atom. The molecular formula is C15H21N3O. The lowest BCUT2D eigenvalue weighted by Gasteiger charge is -2.27. The molecule has 0 saturated carbocycles. The molecule has 0 aliphatic carbocycles. The Kier molecular flexibility index (Phi) is 3.27. The van der Waals surface area contributed by atoms with E-state index in [0.29, 0.717) is 11.3 Å². The van der Waals surface area contributed by atoms with Gasteiger partial charge in [0.1, 0.15) is 0 Å². The summed E-state index contributed by atoms with van der Waals surface area (Å²) in [6.07, 6.45) is 1.73. The van der Waals surface area contributed by atoms with Crippen molar-refractivity contribution in [1.29, 1.82) is 0 Å². The fourth-order valence-corrected chi connectivity index (χ4v) is 1.82. The predicted molar refractivity (Wildman–Crippen MR) is 79.1 cm³/mol. The number of carbonyl (C=O) groups excluding carboxylic acids is 1. The van der Waals surface area contributed by atoms with Crippen LogP contribution in [0.2, 0.25) is 0 Å². The van der Waals surface area contributed by atoms with Crippen molar-refractivity contribution in [3.63, 3.8) is 0 Å². The summed E-state index contributed by atoms with van der Waals surface area (Å²) < 4.78 is 0. The largest absolute Gasteiger partial charge is 0.399 e. The number of rotatable bonds is 2. The molecule has 0 radical (unpaired) electrons. The molecule has 0 fully saturated rings. The summed E-state index contributed by atoms with van der Waals surface area (Å²) in [5.74, 6) is -0.0701. The van der Waals surface area contributed by atoms with Crippen molar-refractivity contribution < 1.29 is 4.79 Å². The Bertz CT molecular complexity index is 607. The van der Waals surface area contributed by atoms with Crippen molar-refractivity contribution in [3.8, 4) is 0 Å². The van der Waals surface area contributed by atoms with E-state index in [-0.39, 0.29) is 17.4 Å². The van der Waals surface area contributed by atoms with E-state index in [1.165, 1.54) is 0 Å². The average Bonchev–Trinajstić information content (AvgIpc) is 2.70. The quantitative estimate of drug-likeness (QED) is 0.726. The number of amides is 1. The van der Waals surface area contributed by atoms with Crippen LogP contribution in [0.5, 0.6) is 0 Å². The molecule has 4 heteroatoms. The van der Waals surface area contributed by atoms with Gasteiger partial charge in [-0.1, -0.05) is 20.8 Å². The average molecular weight is 259 g/mol. The molecule has 19 heavy (non-hydrogen) atoms. The SMILES string of the molecule is CC(NC(=O)c1c[nH]c2ccc(N)cc12)C(C)(C)C. The number of aromatic nitrogens is 1. The van der Waals surface area contributed by atoms with Crippen LogP contribution in [0.3, 0.4) is 0 Å². The molecule has 1 unspecified atom stereocenters. The molecule has 0 aliphatic rings. The van der Waals surface area contributed by atoms with Gasteiger partial charge in [0.15, 0.2) is 0 Å². The molecule has 2 aromatic rings. The number of nitrogen functional groups attached to an aromatic ring is 1. The topological polar surface area (TPSA) is 70.9 Å². The van der Waals surface area contributed by atoms with E-state index >= 15 is 0 Å². The summed E-state index contributed by atoms with van der Waals surface area (Å²) in [6, 6.07) is 5.61. The van der Waals surface area contributed by atoms with Crippen LogP contribution in [0.4, 0.5) is 5.69 Å². The summed E-state index contributed by atoms with van der Waals surface area (Å²) in [6.45, 7) is 8.32. The van der Waals surface area contributed by atoms with Crippen LogP contribution in [0.15, 0.2) is 24.4 Å². The number of nitrogens with one attached hydrogen (secondary N) is 2. The molecule has 1 atom stereocenters. The minimum Gasteiger partial charge on any atom is -0.399 e. The molecule has 102 valence electrons. The summed E-state index contributed by atoms with van der Waals surface area (Å²) >= 11 is 0. The number of carbonyl (C=O) groups is 1. The third kappa shape index (κ3) is 2.72. The zero-order chi connectivity index (χ0) is 14.2. The lowest BCUT2D eigenvalue weighted by Crippen LogP contribution is -2.41. The van der Waals surface area contributed by atoms with Gasteiger partial charge in [-0.25, -0.2) is 0 Å². The number of hydrogen-bond acceptors (Lipinski definition) is 2. The van der Waals surface area contributed by atoms with E-state index in [2.05, 4.69) is 31.1 Å². The molecule has 4 N–H and O–H groups in total. The van der Waals surface area contributed by atoms with Crippen molar-refractivity contribution >= 4 is 22.5 Å². The highest BCUT2D eigenvalue weighted by Crippen LogP contribution is 2.23. The van der Waals surface area contributed by atoms with Crippen molar-refractivity contribution in [2.24, 2.45) is 5.41 Å². The second kappa shape index (κ2) is 4.61. The molecule has 0 saturated heterocycles. The highest BCUT2D eigenvalue weighted by Gasteiger charge is 2.23. The maximum atomic E-state index is 12.3. The van der Waals surface area contributed by atoms with Gasteiger partial charge in [-0.05, 0) is 30.5 Å². The first-order valence-corrected chi connectivity index (χ1v) is 6.46. The highest BCUT2D eigenvalue weighted by molar-refractivity contribution is 6.07. The molecule has 0 aliphatic heterocycles. The van der Waals surface area contributed by atoms with E-state index < -0.39 is 0 Å². The van der Waals surface area contributed by atoms with E-state index in [4.69, 9.17) is 5.73 Å². The Hall–Kier alpha value is -1.97. The van der Waals surface area contributed by atoms with Crippen molar-refractivity contribution in [3.05, 3.63) is 30.0 Å². The standard InChI is InChI=1S/C15H21N3O/c1-9(15(2,3)4)18-14(19)12-8-17-13-6-5-10(16)7-11(12)13/h5-9,17H,16H2,1-4H3,(H,18,19). The molecular weight excluding hydrogens is 238 g/mol. The third-order valence-electron chi connectivity index (χ3n) is 3.60. The minimum atomic E-state index is -0.0701.